The van der Waals surface area contributed by atoms with Gasteiger partial charge in [0.05, 0.1) is 5.69 Å². The van der Waals surface area contributed by atoms with Crippen molar-refractivity contribution in [2.75, 3.05) is 23.8 Å². The maximum Gasteiger partial charge on any atom is 0.329 e. The molecule has 2 aliphatic heterocycles. The van der Waals surface area contributed by atoms with Gasteiger partial charge in [0.2, 0.25) is 5.91 Å². The summed E-state index contributed by atoms with van der Waals surface area (Å²) in [6.07, 6.45) is 2.47. The van der Waals surface area contributed by atoms with E-state index in [1.165, 1.54) is 24.3 Å². The van der Waals surface area contributed by atoms with E-state index < -0.39 is 30.2 Å². The Bertz CT molecular complexity index is 1230. The Hall–Kier alpha value is -3.39. The molecule has 178 valence electrons. The van der Waals surface area contributed by atoms with E-state index in [4.69, 9.17) is 11.6 Å². The molecular weight excluding hydrogens is 459 g/mol. The van der Waals surface area contributed by atoms with Gasteiger partial charge in [-0.1, -0.05) is 30.7 Å². The smallest absolute Gasteiger partial charge is 0.329 e. The van der Waals surface area contributed by atoms with Gasteiger partial charge in [0.1, 0.15) is 18.1 Å². The normalized spacial score (nSPS) is 20.4. The lowest BCUT2D eigenvalue weighted by atomic mass is 9.80. The van der Waals surface area contributed by atoms with Crippen molar-refractivity contribution in [1.82, 2.24) is 10.2 Å². The molecule has 2 heterocycles. The average molecular weight is 485 g/mol. The summed E-state index contributed by atoms with van der Waals surface area (Å²) >= 11 is 6.55. The first kappa shape index (κ1) is 23.8. The standard InChI is InChI=1S/C25H26ClFN4O3/c1-14-12-25(2,3)30(4)21-11-17(26)15(9-16(14)21)10-20-23(33)31(24(34)29-20)13-22(32)28-19-8-6-5-7-18(19)27/h5-11,14H,12-13H2,1-4H3,(H,28,32)(H,29,34)/b20-10+. The Morgan fingerprint density at radius 3 is 2.71 bits per heavy atom. The number of hydrogen-bond donors (Lipinski definition) is 2. The number of nitrogens with one attached hydrogen (secondary N) is 2. The highest BCUT2D eigenvalue weighted by atomic mass is 35.5. The lowest BCUT2D eigenvalue weighted by molar-refractivity contribution is -0.127. The molecule has 1 atom stereocenters. The fraction of sp³-hybridized carbons (Fsp3) is 0.320. The molecule has 34 heavy (non-hydrogen) atoms. The third kappa shape index (κ3) is 4.37. The average Bonchev–Trinajstić information content (AvgIpc) is 3.02. The second-order valence-corrected chi connectivity index (χ2v) is 9.72. The molecule has 2 N–H and O–H groups in total. The highest BCUT2D eigenvalue weighted by molar-refractivity contribution is 6.32. The van der Waals surface area contributed by atoms with Crippen LogP contribution in [-0.2, 0) is 9.59 Å². The van der Waals surface area contributed by atoms with Gasteiger partial charge in [0.15, 0.2) is 0 Å². The number of rotatable bonds is 4. The van der Waals surface area contributed by atoms with Crippen LogP contribution in [-0.4, -0.2) is 41.9 Å². The number of halogens is 2. The predicted octanol–water partition coefficient (Wildman–Crippen LogP) is 4.73. The number of nitrogens with zero attached hydrogens (tertiary/aromatic N) is 2. The maximum atomic E-state index is 13.8. The second kappa shape index (κ2) is 8.76. The first-order chi connectivity index (χ1) is 16.0. The van der Waals surface area contributed by atoms with Gasteiger partial charge in [-0.2, -0.15) is 0 Å². The van der Waals surface area contributed by atoms with Crippen LogP contribution in [0.4, 0.5) is 20.6 Å². The van der Waals surface area contributed by atoms with E-state index in [-0.39, 0.29) is 22.8 Å². The molecule has 2 aliphatic rings. The predicted molar refractivity (Wildman–Crippen MR) is 130 cm³/mol. The van der Waals surface area contributed by atoms with Gasteiger partial charge in [0, 0.05) is 23.3 Å². The zero-order valence-corrected chi connectivity index (χ0v) is 20.2. The van der Waals surface area contributed by atoms with Crippen molar-refractivity contribution in [3.05, 3.63) is 64.1 Å². The first-order valence-electron chi connectivity index (χ1n) is 10.9. The molecule has 4 rings (SSSR count). The molecule has 0 aromatic heterocycles. The van der Waals surface area contributed by atoms with Gasteiger partial charge >= 0.3 is 6.03 Å². The quantitative estimate of drug-likeness (QED) is 0.485. The minimum atomic E-state index is -0.733. The summed E-state index contributed by atoms with van der Waals surface area (Å²) in [7, 11) is 2.03. The lowest BCUT2D eigenvalue weighted by Crippen LogP contribution is -2.45. The zero-order valence-electron chi connectivity index (χ0n) is 19.4. The van der Waals surface area contributed by atoms with Gasteiger partial charge in [-0.25, -0.2) is 14.1 Å². The van der Waals surface area contributed by atoms with Crippen molar-refractivity contribution in [2.24, 2.45) is 0 Å². The lowest BCUT2D eigenvalue weighted by Gasteiger charge is -2.45. The van der Waals surface area contributed by atoms with Crippen LogP contribution in [0.2, 0.25) is 5.02 Å². The van der Waals surface area contributed by atoms with Gasteiger partial charge in [-0.05, 0) is 67.7 Å². The van der Waals surface area contributed by atoms with Crippen LogP contribution in [0.25, 0.3) is 6.08 Å². The van der Waals surface area contributed by atoms with Crippen LogP contribution in [0.5, 0.6) is 0 Å². The zero-order chi connectivity index (χ0) is 24.8. The fourth-order valence-electron chi connectivity index (χ4n) is 4.48. The summed E-state index contributed by atoms with van der Waals surface area (Å²) in [5, 5.41) is 5.31. The highest BCUT2D eigenvalue weighted by Crippen LogP contribution is 2.44. The number of urea groups is 1. The minimum Gasteiger partial charge on any atom is -0.369 e. The molecule has 0 bridgehead atoms. The third-order valence-electron chi connectivity index (χ3n) is 6.46. The van der Waals surface area contributed by atoms with Crippen LogP contribution in [0, 0.1) is 5.82 Å². The summed E-state index contributed by atoms with van der Waals surface area (Å²) in [4.78, 5) is 40.5. The van der Waals surface area contributed by atoms with Crippen LogP contribution >= 0.6 is 11.6 Å². The largest absolute Gasteiger partial charge is 0.369 e. The van der Waals surface area contributed by atoms with E-state index in [0.29, 0.717) is 10.6 Å². The number of carbonyl (C=O) groups is 3. The van der Waals surface area contributed by atoms with Crippen molar-refractivity contribution in [3.8, 4) is 0 Å². The van der Waals surface area contributed by atoms with Crippen molar-refractivity contribution >= 4 is 46.9 Å². The van der Waals surface area contributed by atoms with Crippen molar-refractivity contribution in [1.29, 1.82) is 0 Å². The van der Waals surface area contributed by atoms with Crippen molar-refractivity contribution in [3.63, 3.8) is 0 Å². The SMILES string of the molecule is CC1CC(C)(C)N(C)c2cc(Cl)c(/C=C3/NC(=O)N(CC(=O)Nc4ccccc4F)C3=O)cc21. The Morgan fingerprint density at radius 1 is 1.29 bits per heavy atom. The van der Waals surface area contributed by atoms with E-state index >= 15 is 0 Å². The van der Waals surface area contributed by atoms with Crippen LogP contribution in [0.15, 0.2) is 42.1 Å². The van der Waals surface area contributed by atoms with Gasteiger partial charge in [-0.3, -0.25) is 9.59 Å². The number of hydrogen-bond acceptors (Lipinski definition) is 4. The van der Waals surface area contributed by atoms with Crippen LogP contribution in [0.1, 0.15) is 44.2 Å². The van der Waals surface area contributed by atoms with E-state index in [0.717, 1.165) is 22.6 Å². The maximum absolute atomic E-state index is 13.8. The molecule has 1 saturated heterocycles. The molecule has 7 nitrogen and oxygen atoms in total. The molecule has 1 unspecified atom stereocenters. The number of benzene rings is 2. The number of fused-ring (bicyclic) bond motifs is 1. The molecule has 2 aromatic rings. The molecule has 2 aromatic carbocycles. The van der Waals surface area contributed by atoms with E-state index in [9.17, 15) is 18.8 Å². The molecule has 0 aliphatic carbocycles. The minimum absolute atomic E-state index is 0.0164. The Morgan fingerprint density at radius 2 is 2.00 bits per heavy atom. The molecule has 4 amide bonds. The number of imide groups is 1. The van der Waals surface area contributed by atoms with Crippen molar-refractivity contribution < 1.29 is 18.8 Å². The number of carbonyl (C=O) groups excluding carboxylic acids is 3. The monoisotopic (exact) mass is 484 g/mol. The third-order valence-corrected chi connectivity index (χ3v) is 6.79. The topological polar surface area (TPSA) is 81.8 Å². The van der Waals surface area contributed by atoms with Gasteiger partial charge in [-0.15, -0.1) is 0 Å². The van der Waals surface area contributed by atoms with E-state index in [1.807, 2.05) is 19.2 Å². The molecule has 0 saturated carbocycles. The fourth-order valence-corrected chi connectivity index (χ4v) is 4.69. The summed E-state index contributed by atoms with van der Waals surface area (Å²) in [6.45, 7) is 5.96. The molecule has 0 spiro atoms. The summed E-state index contributed by atoms with van der Waals surface area (Å²) in [5.41, 5.74) is 2.71. The number of para-hydroxylation sites is 1. The number of amides is 4. The van der Waals surface area contributed by atoms with Crippen LogP contribution < -0.4 is 15.5 Å². The van der Waals surface area contributed by atoms with E-state index in [2.05, 4.69) is 36.3 Å². The van der Waals surface area contributed by atoms with Gasteiger partial charge in [0.25, 0.3) is 5.91 Å². The Labute approximate surface area is 202 Å². The Balaban J connectivity index is 1.55. The molecule has 0 radical (unpaired) electrons. The highest BCUT2D eigenvalue weighted by Gasteiger charge is 2.37. The molecule has 9 heteroatoms. The summed E-state index contributed by atoms with van der Waals surface area (Å²) in [6, 6.07) is 8.73. The van der Waals surface area contributed by atoms with Crippen molar-refractivity contribution in [2.45, 2.75) is 38.6 Å². The summed E-state index contributed by atoms with van der Waals surface area (Å²) in [5.74, 6) is -1.68. The Kier molecular flexibility index (Phi) is 6.12. The number of anilines is 2. The molecule has 1 fully saturated rings. The first-order valence-corrected chi connectivity index (χ1v) is 11.3. The molecular formula is C25H26ClFN4O3. The van der Waals surface area contributed by atoms with Crippen LogP contribution in [0.3, 0.4) is 0 Å². The van der Waals surface area contributed by atoms with E-state index in [1.54, 1.807) is 6.07 Å². The van der Waals surface area contributed by atoms with Gasteiger partial charge < -0.3 is 15.5 Å². The summed E-state index contributed by atoms with van der Waals surface area (Å²) < 4.78 is 13.8. The second-order valence-electron chi connectivity index (χ2n) is 9.32.